The zero-order chi connectivity index (χ0) is 15.6. The number of carbonyl (C=O) groups excluding carboxylic acids is 3. The van der Waals surface area contributed by atoms with Gasteiger partial charge in [0.15, 0.2) is 0 Å². The third kappa shape index (κ3) is 2.30. The lowest BCUT2D eigenvalue weighted by Gasteiger charge is -2.40. The highest BCUT2D eigenvalue weighted by Gasteiger charge is 2.52. The van der Waals surface area contributed by atoms with Gasteiger partial charge in [0.05, 0.1) is 6.04 Å². The molecule has 1 atom stereocenters. The number of amides is 4. The highest BCUT2D eigenvalue weighted by atomic mass is 16.2. The van der Waals surface area contributed by atoms with Gasteiger partial charge >= 0.3 is 6.03 Å². The normalized spacial score (nSPS) is 19.4. The summed E-state index contributed by atoms with van der Waals surface area (Å²) in [6, 6.07) is 2.39. The van der Waals surface area contributed by atoms with E-state index in [1.807, 2.05) is 0 Å². The van der Waals surface area contributed by atoms with Crippen LogP contribution in [0.3, 0.4) is 0 Å². The number of imide groups is 2. The molecule has 1 fully saturated rings. The van der Waals surface area contributed by atoms with Crippen LogP contribution in [0.4, 0.5) is 4.79 Å². The Morgan fingerprint density at radius 1 is 1.19 bits per heavy atom. The number of hydrogen-bond donors (Lipinski definition) is 1. The Labute approximate surface area is 123 Å². The predicted octanol–water partition coefficient (Wildman–Crippen LogP) is 2.03. The predicted molar refractivity (Wildman–Crippen MR) is 76.1 cm³/mol. The third-order valence-electron chi connectivity index (χ3n) is 4.29. The van der Waals surface area contributed by atoms with E-state index in [1.54, 1.807) is 45.3 Å². The van der Waals surface area contributed by atoms with Gasteiger partial charge in [-0.2, -0.15) is 0 Å². The lowest BCUT2D eigenvalue weighted by Crippen LogP contribution is -2.63. The minimum absolute atomic E-state index is 0.362. The molecule has 0 saturated carbocycles. The second-order valence-electron chi connectivity index (χ2n) is 5.18. The van der Waals surface area contributed by atoms with Crippen LogP contribution in [0.5, 0.6) is 0 Å². The third-order valence-corrected chi connectivity index (χ3v) is 4.29. The fraction of sp³-hybridized carbons (Fsp3) is 0.467. The van der Waals surface area contributed by atoms with Crippen molar-refractivity contribution in [2.45, 2.75) is 39.7 Å². The number of nitrogens with zero attached hydrogens (tertiary/aromatic N) is 2. The molecule has 21 heavy (non-hydrogen) atoms. The number of aromatic nitrogens is 1. The van der Waals surface area contributed by atoms with Gasteiger partial charge in [0.1, 0.15) is 5.41 Å². The van der Waals surface area contributed by atoms with Crippen LogP contribution in [0.15, 0.2) is 24.5 Å². The summed E-state index contributed by atoms with van der Waals surface area (Å²) in [6.07, 6.45) is 3.94. The lowest BCUT2D eigenvalue weighted by atomic mass is 9.78. The molecule has 1 aromatic rings. The van der Waals surface area contributed by atoms with E-state index < -0.39 is 29.3 Å². The van der Waals surface area contributed by atoms with Crippen molar-refractivity contribution in [3.05, 3.63) is 30.1 Å². The van der Waals surface area contributed by atoms with Gasteiger partial charge in [-0.3, -0.25) is 24.8 Å². The second kappa shape index (κ2) is 5.63. The molecular weight excluding hydrogens is 270 g/mol. The van der Waals surface area contributed by atoms with Gasteiger partial charge in [0.2, 0.25) is 11.8 Å². The Morgan fingerprint density at radius 3 is 2.29 bits per heavy atom. The summed E-state index contributed by atoms with van der Waals surface area (Å²) in [5, 5.41) is 2.31. The monoisotopic (exact) mass is 289 g/mol. The number of pyridine rings is 1. The standard InChI is InChI=1S/C15H19N3O3/c1-4-15(5-2)12(19)17-14(21)18(13(15)20)10(3)11-6-8-16-9-7-11/h6-10H,4-5H2,1-3H3,(H,17,19,21). The Bertz CT molecular complexity index is 567. The summed E-state index contributed by atoms with van der Waals surface area (Å²) < 4.78 is 0. The van der Waals surface area contributed by atoms with Gasteiger partial charge in [0.25, 0.3) is 0 Å². The van der Waals surface area contributed by atoms with Crippen molar-refractivity contribution in [1.29, 1.82) is 0 Å². The van der Waals surface area contributed by atoms with Crippen molar-refractivity contribution in [3.63, 3.8) is 0 Å². The highest BCUT2D eigenvalue weighted by Crippen LogP contribution is 2.35. The second-order valence-corrected chi connectivity index (χ2v) is 5.18. The van der Waals surface area contributed by atoms with Gasteiger partial charge < -0.3 is 0 Å². The number of rotatable bonds is 4. The maximum absolute atomic E-state index is 12.8. The molecule has 0 aliphatic carbocycles. The number of barbiturate groups is 1. The SMILES string of the molecule is CCC1(CC)C(=O)NC(=O)N(C(C)c2ccncc2)C1=O. The molecule has 0 bridgehead atoms. The highest BCUT2D eigenvalue weighted by molar-refractivity contribution is 6.19. The van der Waals surface area contributed by atoms with Crippen LogP contribution < -0.4 is 5.32 Å². The van der Waals surface area contributed by atoms with Crippen molar-refractivity contribution in [1.82, 2.24) is 15.2 Å². The van der Waals surface area contributed by atoms with Crippen molar-refractivity contribution in [3.8, 4) is 0 Å². The molecule has 0 spiro atoms. The van der Waals surface area contributed by atoms with E-state index in [0.717, 1.165) is 10.5 Å². The van der Waals surface area contributed by atoms with Crippen molar-refractivity contribution in [2.24, 2.45) is 5.41 Å². The van der Waals surface area contributed by atoms with Gasteiger partial charge in [-0.1, -0.05) is 13.8 Å². The van der Waals surface area contributed by atoms with Crippen molar-refractivity contribution in [2.75, 3.05) is 0 Å². The molecule has 1 saturated heterocycles. The topological polar surface area (TPSA) is 79.4 Å². The summed E-state index contributed by atoms with van der Waals surface area (Å²) >= 11 is 0. The first kappa shape index (κ1) is 15.2. The average molecular weight is 289 g/mol. The lowest BCUT2D eigenvalue weighted by molar-refractivity contribution is -0.153. The van der Waals surface area contributed by atoms with Gasteiger partial charge in [-0.05, 0) is 37.5 Å². The summed E-state index contributed by atoms with van der Waals surface area (Å²) in [7, 11) is 0. The van der Waals surface area contributed by atoms with Crippen LogP contribution in [0.25, 0.3) is 0 Å². The smallest absolute Gasteiger partial charge is 0.277 e. The molecule has 2 heterocycles. The van der Waals surface area contributed by atoms with E-state index in [4.69, 9.17) is 0 Å². The Hall–Kier alpha value is -2.24. The van der Waals surface area contributed by atoms with E-state index in [1.165, 1.54) is 0 Å². The number of carbonyl (C=O) groups is 3. The molecular formula is C15H19N3O3. The maximum Gasteiger partial charge on any atom is 0.331 e. The van der Waals surface area contributed by atoms with E-state index in [9.17, 15) is 14.4 Å². The minimum atomic E-state index is -1.16. The Morgan fingerprint density at radius 2 is 1.76 bits per heavy atom. The summed E-state index contributed by atoms with van der Waals surface area (Å²) in [5.74, 6) is -0.925. The Kier molecular flexibility index (Phi) is 4.06. The van der Waals surface area contributed by atoms with Crippen molar-refractivity contribution >= 4 is 17.8 Å². The van der Waals surface area contributed by atoms with E-state index in [0.29, 0.717) is 12.8 Å². The molecule has 6 nitrogen and oxygen atoms in total. The first-order valence-electron chi connectivity index (χ1n) is 7.07. The molecule has 112 valence electrons. The van der Waals surface area contributed by atoms with E-state index >= 15 is 0 Å². The number of urea groups is 1. The van der Waals surface area contributed by atoms with Crippen molar-refractivity contribution < 1.29 is 14.4 Å². The Balaban J connectivity index is 2.41. The zero-order valence-electron chi connectivity index (χ0n) is 12.4. The van der Waals surface area contributed by atoms with Crippen LogP contribution in [-0.4, -0.2) is 27.7 Å². The average Bonchev–Trinajstić information content (AvgIpc) is 2.49. The van der Waals surface area contributed by atoms with Gasteiger partial charge in [-0.25, -0.2) is 4.79 Å². The molecule has 0 aromatic carbocycles. The van der Waals surface area contributed by atoms with Gasteiger partial charge in [0, 0.05) is 12.4 Å². The van der Waals surface area contributed by atoms with Gasteiger partial charge in [-0.15, -0.1) is 0 Å². The largest absolute Gasteiger partial charge is 0.331 e. The van der Waals surface area contributed by atoms with E-state index in [-0.39, 0.29) is 0 Å². The zero-order valence-corrected chi connectivity index (χ0v) is 12.4. The quantitative estimate of drug-likeness (QED) is 0.860. The summed E-state index contributed by atoms with van der Waals surface area (Å²) in [4.78, 5) is 42.1. The van der Waals surface area contributed by atoms with Crippen LogP contribution >= 0.6 is 0 Å². The molecule has 4 amide bonds. The first-order valence-corrected chi connectivity index (χ1v) is 7.07. The van der Waals surface area contributed by atoms with Crippen LogP contribution in [0, 0.1) is 5.41 Å². The summed E-state index contributed by atoms with van der Waals surface area (Å²) in [6.45, 7) is 5.33. The molecule has 0 radical (unpaired) electrons. The fourth-order valence-electron chi connectivity index (χ4n) is 2.71. The molecule has 1 aliphatic heterocycles. The van der Waals surface area contributed by atoms with Crippen LogP contribution in [0.2, 0.25) is 0 Å². The minimum Gasteiger partial charge on any atom is -0.277 e. The number of hydrogen-bond acceptors (Lipinski definition) is 4. The molecule has 1 unspecified atom stereocenters. The molecule has 1 aliphatic rings. The number of nitrogens with one attached hydrogen (secondary N) is 1. The van der Waals surface area contributed by atoms with Crippen LogP contribution in [0.1, 0.15) is 45.2 Å². The fourth-order valence-corrected chi connectivity index (χ4v) is 2.71. The summed E-state index contributed by atoms with van der Waals surface area (Å²) in [5.41, 5.74) is -0.362. The first-order chi connectivity index (χ1) is 9.97. The van der Waals surface area contributed by atoms with Crippen LogP contribution in [-0.2, 0) is 9.59 Å². The maximum atomic E-state index is 12.8. The molecule has 1 aromatic heterocycles. The molecule has 1 N–H and O–H groups in total. The molecule has 2 rings (SSSR count). The molecule has 6 heteroatoms. The van der Waals surface area contributed by atoms with E-state index in [2.05, 4.69) is 10.3 Å².